The molecule has 0 atom stereocenters. The Morgan fingerprint density at radius 2 is 2.12 bits per heavy atom. The number of carbonyl (C=O) groups is 1. The van der Waals surface area contributed by atoms with Crippen LogP contribution in [0.2, 0.25) is 0 Å². The van der Waals surface area contributed by atoms with Gasteiger partial charge in [-0.05, 0) is 37.0 Å². The average molecular weight is 232 g/mol. The van der Waals surface area contributed by atoms with Crippen LogP contribution in [0.5, 0.6) is 0 Å². The SMILES string of the molecule is CCC1CCN(C(=O)c2cccc(N)c2)CC1. The molecule has 1 fully saturated rings. The van der Waals surface area contributed by atoms with Crippen LogP contribution in [0.3, 0.4) is 0 Å². The van der Waals surface area contributed by atoms with Crippen LogP contribution in [0.25, 0.3) is 0 Å². The topological polar surface area (TPSA) is 46.3 Å². The van der Waals surface area contributed by atoms with Gasteiger partial charge < -0.3 is 10.6 Å². The molecular weight excluding hydrogens is 212 g/mol. The van der Waals surface area contributed by atoms with E-state index in [9.17, 15) is 4.79 Å². The van der Waals surface area contributed by atoms with Gasteiger partial charge in [0, 0.05) is 24.3 Å². The molecule has 1 saturated heterocycles. The van der Waals surface area contributed by atoms with E-state index >= 15 is 0 Å². The predicted octanol–water partition coefficient (Wildman–Crippen LogP) is 2.53. The van der Waals surface area contributed by atoms with Gasteiger partial charge in [-0.15, -0.1) is 0 Å². The van der Waals surface area contributed by atoms with Crippen molar-refractivity contribution in [1.82, 2.24) is 4.90 Å². The largest absolute Gasteiger partial charge is 0.399 e. The zero-order valence-corrected chi connectivity index (χ0v) is 10.4. The van der Waals surface area contributed by atoms with E-state index in [1.807, 2.05) is 17.0 Å². The third-order valence-electron chi connectivity index (χ3n) is 3.61. The van der Waals surface area contributed by atoms with Gasteiger partial charge in [0.1, 0.15) is 0 Å². The van der Waals surface area contributed by atoms with Crippen molar-refractivity contribution in [3.8, 4) is 0 Å². The second-order valence-corrected chi connectivity index (χ2v) is 4.77. The molecule has 2 N–H and O–H groups in total. The Bertz CT molecular complexity index is 395. The molecular formula is C14H20N2O. The molecule has 1 aliphatic rings. The number of hydrogen-bond acceptors (Lipinski definition) is 2. The first-order valence-electron chi connectivity index (χ1n) is 6.35. The van der Waals surface area contributed by atoms with Gasteiger partial charge in [-0.25, -0.2) is 0 Å². The van der Waals surface area contributed by atoms with E-state index in [0.29, 0.717) is 11.3 Å². The Kier molecular flexibility index (Phi) is 3.67. The first-order valence-corrected chi connectivity index (χ1v) is 6.35. The maximum Gasteiger partial charge on any atom is 0.253 e. The van der Waals surface area contributed by atoms with Gasteiger partial charge in [-0.2, -0.15) is 0 Å². The first kappa shape index (κ1) is 12.0. The highest BCUT2D eigenvalue weighted by Gasteiger charge is 2.22. The molecule has 3 heteroatoms. The summed E-state index contributed by atoms with van der Waals surface area (Å²) in [5.41, 5.74) is 7.06. The minimum atomic E-state index is 0.117. The lowest BCUT2D eigenvalue weighted by Crippen LogP contribution is -2.38. The number of piperidine rings is 1. The quantitative estimate of drug-likeness (QED) is 0.796. The second-order valence-electron chi connectivity index (χ2n) is 4.77. The molecule has 1 amide bonds. The third-order valence-corrected chi connectivity index (χ3v) is 3.61. The number of likely N-dealkylation sites (tertiary alicyclic amines) is 1. The van der Waals surface area contributed by atoms with Gasteiger partial charge in [0.25, 0.3) is 5.91 Å². The van der Waals surface area contributed by atoms with Crippen LogP contribution in [0, 0.1) is 5.92 Å². The standard InChI is InChI=1S/C14H20N2O/c1-2-11-6-8-16(9-7-11)14(17)12-4-3-5-13(15)10-12/h3-5,10-11H,2,6-9,15H2,1H3. The van der Waals surface area contributed by atoms with Crippen molar-refractivity contribution in [3.63, 3.8) is 0 Å². The van der Waals surface area contributed by atoms with E-state index in [-0.39, 0.29) is 5.91 Å². The highest BCUT2D eigenvalue weighted by molar-refractivity contribution is 5.95. The smallest absolute Gasteiger partial charge is 0.253 e. The first-order chi connectivity index (χ1) is 8.20. The number of hydrogen-bond donors (Lipinski definition) is 1. The number of nitrogen functional groups attached to an aromatic ring is 1. The van der Waals surface area contributed by atoms with Gasteiger partial charge in [-0.3, -0.25) is 4.79 Å². The molecule has 0 unspecified atom stereocenters. The highest BCUT2D eigenvalue weighted by Crippen LogP contribution is 2.21. The van der Waals surface area contributed by atoms with Crippen molar-refractivity contribution < 1.29 is 4.79 Å². The third kappa shape index (κ3) is 2.78. The Hall–Kier alpha value is -1.51. The van der Waals surface area contributed by atoms with Crippen molar-refractivity contribution in [2.24, 2.45) is 5.92 Å². The zero-order valence-electron chi connectivity index (χ0n) is 10.4. The summed E-state index contributed by atoms with van der Waals surface area (Å²) >= 11 is 0. The maximum absolute atomic E-state index is 12.2. The van der Waals surface area contributed by atoms with Crippen LogP contribution in [0.4, 0.5) is 5.69 Å². The van der Waals surface area contributed by atoms with Gasteiger partial charge in [0.2, 0.25) is 0 Å². The van der Waals surface area contributed by atoms with Crippen LogP contribution >= 0.6 is 0 Å². The minimum absolute atomic E-state index is 0.117. The van der Waals surface area contributed by atoms with Gasteiger partial charge >= 0.3 is 0 Å². The summed E-state index contributed by atoms with van der Waals surface area (Å²) in [4.78, 5) is 14.2. The molecule has 3 nitrogen and oxygen atoms in total. The fourth-order valence-corrected chi connectivity index (χ4v) is 2.40. The van der Waals surface area contributed by atoms with Crippen molar-refractivity contribution in [3.05, 3.63) is 29.8 Å². The zero-order chi connectivity index (χ0) is 12.3. The molecule has 0 bridgehead atoms. The number of nitrogens with two attached hydrogens (primary N) is 1. The molecule has 1 heterocycles. The molecule has 0 aliphatic carbocycles. The predicted molar refractivity (Wildman–Crippen MR) is 69.8 cm³/mol. The Balaban J connectivity index is 2.02. The molecule has 0 spiro atoms. The maximum atomic E-state index is 12.2. The molecule has 2 rings (SSSR count). The van der Waals surface area contributed by atoms with Gasteiger partial charge in [0.05, 0.1) is 0 Å². The van der Waals surface area contributed by atoms with Crippen LogP contribution in [0.15, 0.2) is 24.3 Å². The van der Waals surface area contributed by atoms with Crippen molar-refractivity contribution in [1.29, 1.82) is 0 Å². The molecule has 1 aromatic carbocycles. The van der Waals surface area contributed by atoms with Gasteiger partial charge in [0.15, 0.2) is 0 Å². The lowest BCUT2D eigenvalue weighted by Gasteiger charge is -2.31. The summed E-state index contributed by atoms with van der Waals surface area (Å²) in [6.07, 6.45) is 3.48. The van der Waals surface area contributed by atoms with Crippen molar-refractivity contribution >= 4 is 11.6 Å². The Morgan fingerprint density at radius 3 is 2.71 bits per heavy atom. The van der Waals surface area contributed by atoms with E-state index in [1.54, 1.807) is 12.1 Å². The average Bonchev–Trinajstić information content (AvgIpc) is 2.38. The van der Waals surface area contributed by atoms with Gasteiger partial charge in [-0.1, -0.05) is 19.4 Å². The number of nitrogens with zero attached hydrogens (tertiary/aromatic N) is 1. The van der Waals surface area contributed by atoms with Crippen LogP contribution in [-0.2, 0) is 0 Å². The Labute approximate surface area is 103 Å². The highest BCUT2D eigenvalue weighted by atomic mass is 16.2. The lowest BCUT2D eigenvalue weighted by molar-refractivity contribution is 0.0689. The normalized spacial score (nSPS) is 17.1. The molecule has 17 heavy (non-hydrogen) atoms. The van der Waals surface area contributed by atoms with Crippen LogP contribution in [-0.4, -0.2) is 23.9 Å². The van der Waals surface area contributed by atoms with E-state index in [1.165, 1.54) is 6.42 Å². The monoisotopic (exact) mass is 232 g/mol. The molecule has 0 aromatic heterocycles. The number of carbonyl (C=O) groups excluding carboxylic acids is 1. The fourth-order valence-electron chi connectivity index (χ4n) is 2.40. The van der Waals surface area contributed by atoms with Crippen molar-refractivity contribution in [2.75, 3.05) is 18.8 Å². The van der Waals surface area contributed by atoms with E-state index in [4.69, 9.17) is 5.73 Å². The summed E-state index contributed by atoms with van der Waals surface area (Å²) in [6, 6.07) is 7.24. The van der Waals surface area contributed by atoms with E-state index in [2.05, 4.69) is 6.92 Å². The molecule has 1 aliphatic heterocycles. The molecule has 0 saturated carbocycles. The second kappa shape index (κ2) is 5.21. The number of benzene rings is 1. The van der Waals surface area contributed by atoms with E-state index in [0.717, 1.165) is 31.8 Å². The molecule has 92 valence electrons. The minimum Gasteiger partial charge on any atom is -0.399 e. The number of anilines is 1. The van der Waals surface area contributed by atoms with Crippen molar-refractivity contribution in [2.45, 2.75) is 26.2 Å². The fraction of sp³-hybridized carbons (Fsp3) is 0.500. The van der Waals surface area contributed by atoms with Crippen LogP contribution in [0.1, 0.15) is 36.5 Å². The summed E-state index contributed by atoms with van der Waals surface area (Å²) in [5.74, 6) is 0.909. The van der Waals surface area contributed by atoms with Crippen LogP contribution < -0.4 is 5.73 Å². The molecule has 0 radical (unpaired) electrons. The number of rotatable bonds is 2. The summed E-state index contributed by atoms with van der Waals surface area (Å²) < 4.78 is 0. The molecule has 1 aromatic rings. The van der Waals surface area contributed by atoms with E-state index < -0.39 is 0 Å². The lowest BCUT2D eigenvalue weighted by atomic mass is 9.94. The number of amides is 1. The summed E-state index contributed by atoms with van der Waals surface area (Å²) in [6.45, 7) is 3.98. The summed E-state index contributed by atoms with van der Waals surface area (Å²) in [7, 11) is 0. The Morgan fingerprint density at radius 1 is 1.41 bits per heavy atom. The summed E-state index contributed by atoms with van der Waals surface area (Å²) in [5, 5.41) is 0.